The Morgan fingerprint density at radius 2 is 1.54 bits per heavy atom. The zero-order valence-electron chi connectivity index (χ0n) is 12.8. The normalized spacial score (nSPS) is 13.1. The summed E-state index contributed by atoms with van der Waals surface area (Å²) in [4.78, 5) is 37.3. The number of rotatable bonds is 5. The van der Waals surface area contributed by atoms with Crippen LogP contribution in [-0.2, 0) is 11.2 Å². The molecule has 1 N–H and O–H groups in total. The third-order valence-electron chi connectivity index (χ3n) is 3.83. The van der Waals surface area contributed by atoms with E-state index in [2.05, 4.69) is 5.32 Å². The third-order valence-corrected chi connectivity index (χ3v) is 4.08. The smallest absolute Gasteiger partial charge is 0.262 e. The van der Waals surface area contributed by atoms with Crippen LogP contribution < -0.4 is 5.32 Å². The molecule has 0 aliphatic carbocycles. The van der Waals surface area contributed by atoms with Crippen LogP contribution in [0.25, 0.3) is 0 Å². The number of halogens is 1. The third kappa shape index (κ3) is 3.31. The van der Waals surface area contributed by atoms with Gasteiger partial charge in [-0.1, -0.05) is 35.9 Å². The largest absolute Gasteiger partial charge is 0.354 e. The summed E-state index contributed by atoms with van der Waals surface area (Å²) in [5, 5.41) is 3.38. The Morgan fingerprint density at radius 1 is 0.958 bits per heavy atom. The second-order valence-corrected chi connectivity index (χ2v) is 5.90. The molecule has 0 fully saturated rings. The van der Waals surface area contributed by atoms with Crippen LogP contribution in [0.1, 0.15) is 26.3 Å². The number of hydrogen-bond donors (Lipinski definition) is 1. The lowest BCUT2D eigenvalue weighted by Crippen LogP contribution is -2.40. The quantitative estimate of drug-likeness (QED) is 0.848. The molecule has 3 rings (SSSR count). The van der Waals surface area contributed by atoms with Gasteiger partial charge in [0.05, 0.1) is 11.1 Å². The van der Waals surface area contributed by atoms with Gasteiger partial charge >= 0.3 is 0 Å². The number of benzene rings is 2. The number of carbonyl (C=O) groups excluding carboxylic acids is 3. The minimum absolute atomic E-state index is 0.271. The standard InChI is InChI=1S/C18H15ClN2O3/c19-13-7-5-12(6-8-13)9-10-20-16(22)11-21-17(23)14-3-1-2-4-15(14)18(21)24/h1-8H,9-11H2,(H,20,22). The second kappa shape index (κ2) is 6.84. The summed E-state index contributed by atoms with van der Waals surface area (Å²) in [6.07, 6.45) is 0.644. The van der Waals surface area contributed by atoms with E-state index in [-0.39, 0.29) is 12.5 Å². The Morgan fingerprint density at radius 3 is 2.12 bits per heavy atom. The summed E-state index contributed by atoms with van der Waals surface area (Å²) in [6.45, 7) is 0.149. The van der Waals surface area contributed by atoms with Crippen molar-refractivity contribution in [3.63, 3.8) is 0 Å². The first-order chi connectivity index (χ1) is 11.6. The minimum atomic E-state index is -0.427. The fourth-order valence-corrected chi connectivity index (χ4v) is 2.71. The van der Waals surface area contributed by atoms with Crippen LogP contribution in [0, 0.1) is 0 Å². The van der Waals surface area contributed by atoms with Gasteiger partial charge in [-0.3, -0.25) is 19.3 Å². The monoisotopic (exact) mass is 342 g/mol. The maximum Gasteiger partial charge on any atom is 0.262 e. The Kier molecular flexibility index (Phi) is 4.62. The highest BCUT2D eigenvalue weighted by Gasteiger charge is 2.36. The Bertz CT molecular complexity index is 767. The predicted octanol–water partition coefficient (Wildman–Crippen LogP) is 2.29. The zero-order chi connectivity index (χ0) is 17.1. The summed E-state index contributed by atoms with van der Waals surface area (Å²) in [7, 11) is 0. The molecule has 6 heteroatoms. The first-order valence-corrected chi connectivity index (χ1v) is 7.90. The van der Waals surface area contributed by atoms with Crippen LogP contribution in [0.15, 0.2) is 48.5 Å². The number of imide groups is 1. The van der Waals surface area contributed by atoms with E-state index in [9.17, 15) is 14.4 Å². The molecule has 5 nitrogen and oxygen atoms in total. The van der Waals surface area contributed by atoms with Crippen LogP contribution in [0.4, 0.5) is 0 Å². The predicted molar refractivity (Wildman–Crippen MR) is 90.0 cm³/mol. The molecule has 122 valence electrons. The average molecular weight is 343 g/mol. The number of carbonyl (C=O) groups is 3. The molecule has 24 heavy (non-hydrogen) atoms. The molecule has 2 aromatic carbocycles. The van der Waals surface area contributed by atoms with E-state index in [0.29, 0.717) is 29.1 Å². The first-order valence-electron chi connectivity index (χ1n) is 7.52. The van der Waals surface area contributed by atoms with Crippen LogP contribution in [0.3, 0.4) is 0 Å². The maximum atomic E-state index is 12.2. The van der Waals surface area contributed by atoms with Crippen molar-refractivity contribution in [1.82, 2.24) is 10.2 Å². The Hall–Kier alpha value is -2.66. The number of amides is 3. The van der Waals surface area contributed by atoms with Crippen LogP contribution >= 0.6 is 11.6 Å². The van der Waals surface area contributed by atoms with Crippen molar-refractivity contribution in [2.24, 2.45) is 0 Å². The van der Waals surface area contributed by atoms with Gasteiger partial charge in [0.15, 0.2) is 0 Å². The molecule has 0 spiro atoms. The molecule has 0 aromatic heterocycles. The van der Waals surface area contributed by atoms with Crippen molar-refractivity contribution >= 4 is 29.3 Å². The zero-order valence-corrected chi connectivity index (χ0v) is 13.5. The van der Waals surface area contributed by atoms with Crippen molar-refractivity contribution in [1.29, 1.82) is 0 Å². The molecule has 3 amide bonds. The lowest BCUT2D eigenvalue weighted by Gasteiger charge is -2.13. The van der Waals surface area contributed by atoms with E-state index in [1.165, 1.54) is 0 Å². The van der Waals surface area contributed by atoms with E-state index in [1.807, 2.05) is 12.1 Å². The van der Waals surface area contributed by atoms with E-state index in [1.54, 1.807) is 36.4 Å². The highest BCUT2D eigenvalue weighted by Crippen LogP contribution is 2.21. The number of hydrogen-bond acceptors (Lipinski definition) is 3. The highest BCUT2D eigenvalue weighted by atomic mass is 35.5. The van der Waals surface area contributed by atoms with Crippen LogP contribution in [0.2, 0.25) is 5.02 Å². The second-order valence-electron chi connectivity index (χ2n) is 5.47. The molecule has 2 aromatic rings. The van der Waals surface area contributed by atoms with Crippen LogP contribution in [0.5, 0.6) is 0 Å². The molecule has 0 radical (unpaired) electrons. The van der Waals surface area contributed by atoms with Crippen molar-refractivity contribution in [2.45, 2.75) is 6.42 Å². The van der Waals surface area contributed by atoms with Crippen molar-refractivity contribution in [3.8, 4) is 0 Å². The molecule has 0 saturated heterocycles. The van der Waals surface area contributed by atoms with E-state index in [0.717, 1.165) is 10.5 Å². The van der Waals surface area contributed by atoms with E-state index in [4.69, 9.17) is 11.6 Å². The maximum absolute atomic E-state index is 12.2. The average Bonchev–Trinajstić information content (AvgIpc) is 2.82. The molecule has 1 aliphatic heterocycles. The lowest BCUT2D eigenvalue weighted by molar-refractivity contribution is -0.121. The number of fused-ring (bicyclic) bond motifs is 1. The number of nitrogens with zero attached hydrogens (tertiary/aromatic N) is 1. The lowest BCUT2D eigenvalue weighted by atomic mass is 10.1. The van der Waals surface area contributed by atoms with Gasteiger partial charge in [-0.05, 0) is 36.2 Å². The van der Waals surface area contributed by atoms with Gasteiger partial charge in [0, 0.05) is 11.6 Å². The fourth-order valence-electron chi connectivity index (χ4n) is 2.58. The summed E-state index contributed by atoms with van der Waals surface area (Å²) in [6, 6.07) is 13.9. The molecule has 0 saturated carbocycles. The van der Waals surface area contributed by atoms with Gasteiger partial charge in [-0.25, -0.2) is 0 Å². The molecule has 0 bridgehead atoms. The molecular weight excluding hydrogens is 328 g/mol. The fraction of sp³-hybridized carbons (Fsp3) is 0.167. The van der Waals surface area contributed by atoms with Crippen molar-refractivity contribution in [3.05, 3.63) is 70.2 Å². The summed E-state index contributed by atoms with van der Waals surface area (Å²) in [5.74, 6) is -1.22. The van der Waals surface area contributed by atoms with Gasteiger partial charge in [-0.2, -0.15) is 0 Å². The summed E-state index contributed by atoms with van der Waals surface area (Å²) in [5.41, 5.74) is 1.73. The highest BCUT2D eigenvalue weighted by molar-refractivity contribution is 6.30. The molecule has 0 unspecified atom stereocenters. The SMILES string of the molecule is O=C(CN1C(=O)c2ccccc2C1=O)NCCc1ccc(Cl)cc1. The van der Waals surface area contributed by atoms with Crippen molar-refractivity contribution < 1.29 is 14.4 Å². The molecule has 1 heterocycles. The van der Waals surface area contributed by atoms with Gasteiger partial charge in [0.1, 0.15) is 6.54 Å². The van der Waals surface area contributed by atoms with Gasteiger partial charge in [0.25, 0.3) is 11.8 Å². The summed E-state index contributed by atoms with van der Waals surface area (Å²) < 4.78 is 0. The Labute approximate surface area is 144 Å². The first kappa shape index (κ1) is 16.2. The van der Waals surface area contributed by atoms with Gasteiger partial charge in [0.2, 0.25) is 5.91 Å². The number of nitrogens with one attached hydrogen (secondary N) is 1. The van der Waals surface area contributed by atoms with E-state index < -0.39 is 11.8 Å². The minimum Gasteiger partial charge on any atom is -0.354 e. The van der Waals surface area contributed by atoms with Crippen LogP contribution in [-0.4, -0.2) is 35.7 Å². The summed E-state index contributed by atoms with van der Waals surface area (Å²) >= 11 is 5.82. The van der Waals surface area contributed by atoms with Gasteiger partial charge < -0.3 is 5.32 Å². The topological polar surface area (TPSA) is 66.5 Å². The van der Waals surface area contributed by atoms with E-state index >= 15 is 0 Å². The Balaban J connectivity index is 1.53. The molecular formula is C18H15ClN2O3. The molecule has 0 atom stereocenters. The van der Waals surface area contributed by atoms with Crippen molar-refractivity contribution in [2.75, 3.05) is 13.1 Å². The van der Waals surface area contributed by atoms with Gasteiger partial charge in [-0.15, -0.1) is 0 Å². The molecule has 1 aliphatic rings.